The van der Waals surface area contributed by atoms with E-state index in [1.807, 2.05) is 6.07 Å². The Kier molecular flexibility index (Phi) is 4.21. The lowest BCUT2D eigenvalue weighted by molar-refractivity contribution is 0.122. The fourth-order valence-electron chi connectivity index (χ4n) is 3.13. The van der Waals surface area contributed by atoms with Crippen LogP contribution in [0.1, 0.15) is 21.8 Å². The number of anilines is 1. The number of morpholine rings is 1. The molecule has 4 nitrogen and oxygen atoms in total. The third kappa shape index (κ3) is 2.89. The third-order valence-electron chi connectivity index (χ3n) is 4.57. The topological polar surface area (TPSA) is 38.2 Å². The summed E-state index contributed by atoms with van der Waals surface area (Å²) >= 11 is 1.77. The van der Waals surface area contributed by atoms with E-state index in [-0.39, 0.29) is 0 Å². The molecular formula is C19H21N3OS. The Morgan fingerprint density at radius 3 is 2.58 bits per heavy atom. The molecule has 5 heteroatoms. The van der Waals surface area contributed by atoms with Gasteiger partial charge in [-0.1, -0.05) is 30.3 Å². The number of hydrogen-bond acceptors (Lipinski definition) is 5. The van der Waals surface area contributed by atoms with Crippen LogP contribution in [0.4, 0.5) is 5.82 Å². The van der Waals surface area contributed by atoms with Gasteiger partial charge in [-0.05, 0) is 25.0 Å². The molecule has 3 heterocycles. The van der Waals surface area contributed by atoms with E-state index in [4.69, 9.17) is 14.7 Å². The average molecular weight is 339 g/mol. The second-order valence-corrected chi connectivity index (χ2v) is 7.39. The van der Waals surface area contributed by atoms with Crippen molar-refractivity contribution < 1.29 is 4.74 Å². The maximum absolute atomic E-state index is 5.51. The van der Waals surface area contributed by atoms with E-state index in [1.165, 1.54) is 21.4 Å². The minimum atomic E-state index is 0.766. The van der Waals surface area contributed by atoms with Crippen molar-refractivity contribution in [2.75, 3.05) is 31.2 Å². The van der Waals surface area contributed by atoms with Crippen LogP contribution >= 0.6 is 11.3 Å². The first kappa shape index (κ1) is 15.5. The fraction of sp³-hybridized carbons (Fsp3) is 0.368. The Morgan fingerprint density at radius 2 is 1.83 bits per heavy atom. The van der Waals surface area contributed by atoms with Gasteiger partial charge in [0.2, 0.25) is 0 Å². The zero-order valence-electron chi connectivity index (χ0n) is 14.1. The predicted octanol–water partition coefficient (Wildman–Crippen LogP) is 3.74. The molecular weight excluding hydrogens is 318 g/mol. The third-order valence-corrected chi connectivity index (χ3v) is 5.67. The van der Waals surface area contributed by atoms with E-state index in [0.717, 1.165) is 49.2 Å². The largest absolute Gasteiger partial charge is 0.378 e. The number of hydrogen-bond donors (Lipinski definition) is 0. The van der Waals surface area contributed by atoms with E-state index < -0.39 is 0 Å². The van der Waals surface area contributed by atoms with Crippen LogP contribution in [0, 0.1) is 13.8 Å². The smallest absolute Gasteiger partial charge is 0.141 e. The van der Waals surface area contributed by atoms with Crippen LogP contribution in [0.25, 0.3) is 10.2 Å². The predicted molar refractivity (Wildman–Crippen MR) is 99.2 cm³/mol. The Bertz CT molecular complexity index is 854. The molecule has 1 aliphatic rings. The van der Waals surface area contributed by atoms with Gasteiger partial charge in [0.05, 0.1) is 18.6 Å². The number of benzene rings is 1. The van der Waals surface area contributed by atoms with Crippen molar-refractivity contribution in [2.24, 2.45) is 0 Å². The summed E-state index contributed by atoms with van der Waals surface area (Å²) in [7, 11) is 0. The van der Waals surface area contributed by atoms with Crippen LogP contribution in [0.2, 0.25) is 0 Å². The lowest BCUT2D eigenvalue weighted by atomic mass is 10.1. The van der Waals surface area contributed by atoms with Gasteiger partial charge < -0.3 is 9.64 Å². The molecule has 24 heavy (non-hydrogen) atoms. The van der Waals surface area contributed by atoms with Gasteiger partial charge in [-0.15, -0.1) is 11.3 Å². The Hall–Kier alpha value is -1.98. The number of aromatic nitrogens is 2. The number of fused-ring (bicyclic) bond motifs is 1. The standard InChI is InChI=1S/C19H21N3OS/c1-13-14(2)24-19-17(13)18(22-8-10-23-11-9-22)20-16(21-19)12-15-6-4-3-5-7-15/h3-7H,8-12H2,1-2H3. The van der Waals surface area contributed by atoms with E-state index in [1.54, 1.807) is 11.3 Å². The van der Waals surface area contributed by atoms with Crippen molar-refractivity contribution >= 4 is 27.4 Å². The van der Waals surface area contributed by atoms with Crippen molar-refractivity contribution in [2.45, 2.75) is 20.3 Å². The molecule has 0 amide bonds. The highest BCUT2D eigenvalue weighted by Gasteiger charge is 2.21. The fourth-order valence-corrected chi connectivity index (χ4v) is 4.18. The van der Waals surface area contributed by atoms with E-state index in [2.05, 4.69) is 43.0 Å². The van der Waals surface area contributed by atoms with Crippen molar-refractivity contribution in [1.29, 1.82) is 0 Å². The van der Waals surface area contributed by atoms with Crippen molar-refractivity contribution in [3.05, 3.63) is 52.2 Å². The Morgan fingerprint density at radius 1 is 1.08 bits per heavy atom. The van der Waals surface area contributed by atoms with Gasteiger partial charge in [0.1, 0.15) is 16.5 Å². The Labute approximate surface area is 146 Å². The molecule has 0 atom stereocenters. The summed E-state index contributed by atoms with van der Waals surface area (Å²) in [6.07, 6.45) is 0.768. The second-order valence-electron chi connectivity index (χ2n) is 6.19. The summed E-state index contributed by atoms with van der Waals surface area (Å²) in [5.41, 5.74) is 2.55. The van der Waals surface area contributed by atoms with Gasteiger partial charge in [-0.2, -0.15) is 0 Å². The Balaban J connectivity index is 1.81. The summed E-state index contributed by atoms with van der Waals surface area (Å²) in [5.74, 6) is 1.98. The normalized spacial score (nSPS) is 15.2. The molecule has 2 aromatic heterocycles. The quantitative estimate of drug-likeness (QED) is 0.729. The van der Waals surface area contributed by atoms with Gasteiger partial charge >= 0.3 is 0 Å². The molecule has 124 valence electrons. The molecule has 0 bridgehead atoms. The molecule has 3 aromatic rings. The molecule has 0 saturated carbocycles. The van der Waals surface area contributed by atoms with Crippen LogP contribution in [0.3, 0.4) is 0 Å². The molecule has 0 radical (unpaired) electrons. The summed E-state index contributed by atoms with van der Waals surface area (Å²) in [6, 6.07) is 10.4. The molecule has 0 spiro atoms. The van der Waals surface area contributed by atoms with E-state index in [0.29, 0.717) is 0 Å². The summed E-state index contributed by atoms with van der Waals surface area (Å²) < 4.78 is 5.51. The first-order chi connectivity index (χ1) is 11.7. The molecule has 1 aromatic carbocycles. The number of nitrogens with zero attached hydrogens (tertiary/aromatic N) is 3. The lowest BCUT2D eigenvalue weighted by Gasteiger charge is -2.28. The average Bonchev–Trinajstić information content (AvgIpc) is 2.90. The summed E-state index contributed by atoms with van der Waals surface area (Å²) in [5, 5.41) is 1.22. The molecule has 0 unspecified atom stereocenters. The highest BCUT2D eigenvalue weighted by molar-refractivity contribution is 7.18. The first-order valence-corrected chi connectivity index (χ1v) is 9.17. The molecule has 0 N–H and O–H groups in total. The number of thiophene rings is 1. The summed E-state index contributed by atoms with van der Waals surface area (Å²) in [4.78, 5) is 14.6. The maximum Gasteiger partial charge on any atom is 0.141 e. The van der Waals surface area contributed by atoms with Gasteiger partial charge in [-0.3, -0.25) is 0 Å². The monoisotopic (exact) mass is 339 g/mol. The van der Waals surface area contributed by atoms with Crippen LogP contribution in [-0.4, -0.2) is 36.3 Å². The van der Waals surface area contributed by atoms with E-state index in [9.17, 15) is 0 Å². The van der Waals surface area contributed by atoms with Gasteiger partial charge in [0, 0.05) is 24.4 Å². The second kappa shape index (κ2) is 6.49. The molecule has 0 aliphatic carbocycles. The molecule has 1 aliphatic heterocycles. The minimum absolute atomic E-state index is 0.766. The molecule has 1 fully saturated rings. The SMILES string of the molecule is Cc1sc2nc(Cc3ccccc3)nc(N3CCOCC3)c2c1C. The van der Waals surface area contributed by atoms with E-state index >= 15 is 0 Å². The highest BCUT2D eigenvalue weighted by atomic mass is 32.1. The highest BCUT2D eigenvalue weighted by Crippen LogP contribution is 2.35. The van der Waals surface area contributed by atoms with Crippen LogP contribution in [-0.2, 0) is 11.2 Å². The zero-order valence-corrected chi connectivity index (χ0v) is 14.9. The van der Waals surface area contributed by atoms with Crippen molar-refractivity contribution in [1.82, 2.24) is 9.97 Å². The zero-order chi connectivity index (χ0) is 16.5. The number of ether oxygens (including phenoxy) is 1. The van der Waals surface area contributed by atoms with Gasteiger partial charge in [0.25, 0.3) is 0 Å². The molecule has 4 rings (SSSR count). The minimum Gasteiger partial charge on any atom is -0.378 e. The maximum atomic E-state index is 5.51. The van der Waals surface area contributed by atoms with Crippen molar-refractivity contribution in [3.63, 3.8) is 0 Å². The van der Waals surface area contributed by atoms with Crippen molar-refractivity contribution in [3.8, 4) is 0 Å². The van der Waals surface area contributed by atoms with Crippen LogP contribution in [0.5, 0.6) is 0 Å². The van der Waals surface area contributed by atoms with Crippen LogP contribution in [0.15, 0.2) is 30.3 Å². The summed E-state index contributed by atoms with van der Waals surface area (Å²) in [6.45, 7) is 7.67. The number of rotatable bonds is 3. The van der Waals surface area contributed by atoms with Crippen LogP contribution < -0.4 is 4.90 Å². The first-order valence-electron chi connectivity index (χ1n) is 8.35. The molecule has 1 saturated heterocycles. The number of aryl methyl sites for hydroxylation is 2. The van der Waals surface area contributed by atoms with Gasteiger partial charge in [0.15, 0.2) is 0 Å². The lowest BCUT2D eigenvalue weighted by Crippen LogP contribution is -2.37. The van der Waals surface area contributed by atoms with Gasteiger partial charge in [-0.25, -0.2) is 9.97 Å².